The summed E-state index contributed by atoms with van der Waals surface area (Å²) < 4.78 is 0. The van der Waals surface area contributed by atoms with Gasteiger partial charge in [-0.2, -0.15) is 0 Å². The maximum Gasteiger partial charge on any atom is 0.321 e. The van der Waals surface area contributed by atoms with Crippen LogP contribution in [0.1, 0.15) is 15.9 Å². The van der Waals surface area contributed by atoms with Crippen molar-refractivity contribution in [2.75, 3.05) is 50.0 Å². The van der Waals surface area contributed by atoms with Crippen molar-refractivity contribution in [3.8, 4) is 0 Å². The molecule has 1 saturated heterocycles. The van der Waals surface area contributed by atoms with Gasteiger partial charge in [0.05, 0.1) is 0 Å². The summed E-state index contributed by atoms with van der Waals surface area (Å²) >= 11 is 0. The summed E-state index contributed by atoms with van der Waals surface area (Å²) in [4.78, 5) is 43.7. The van der Waals surface area contributed by atoms with E-state index in [0.29, 0.717) is 49.9 Å². The van der Waals surface area contributed by atoms with Crippen molar-refractivity contribution in [3.63, 3.8) is 0 Å². The van der Waals surface area contributed by atoms with Crippen molar-refractivity contribution < 1.29 is 9.59 Å². The molecule has 0 atom stereocenters. The number of hydrogen-bond acceptors (Lipinski definition) is 6. The van der Waals surface area contributed by atoms with E-state index in [1.165, 1.54) is 0 Å². The van der Waals surface area contributed by atoms with Gasteiger partial charge in [0.25, 0.3) is 5.91 Å². The predicted molar refractivity (Wildman–Crippen MR) is 126 cm³/mol. The molecule has 1 aromatic carbocycles. The van der Waals surface area contributed by atoms with E-state index in [1.807, 2.05) is 17.0 Å². The monoisotopic (exact) mass is 445 g/mol. The van der Waals surface area contributed by atoms with Gasteiger partial charge in [-0.05, 0) is 48.4 Å². The fourth-order valence-electron chi connectivity index (χ4n) is 3.64. The molecule has 0 spiro atoms. The average molecular weight is 446 g/mol. The van der Waals surface area contributed by atoms with Gasteiger partial charge in [-0.1, -0.05) is 6.07 Å². The van der Waals surface area contributed by atoms with Crippen LogP contribution in [0.15, 0.2) is 67.3 Å². The number of urea groups is 1. The van der Waals surface area contributed by atoms with Crippen molar-refractivity contribution in [3.05, 3.63) is 78.4 Å². The molecule has 2 aromatic heterocycles. The Labute approximate surface area is 193 Å². The second kappa shape index (κ2) is 10.5. The van der Waals surface area contributed by atoms with Gasteiger partial charge in [0.2, 0.25) is 5.95 Å². The molecule has 1 N–H and O–H groups in total. The lowest BCUT2D eigenvalue weighted by Crippen LogP contribution is -2.49. The number of nitrogens with zero attached hydrogens (tertiary/aromatic N) is 6. The van der Waals surface area contributed by atoms with Crippen LogP contribution in [-0.2, 0) is 6.42 Å². The van der Waals surface area contributed by atoms with E-state index in [-0.39, 0.29) is 11.9 Å². The molecule has 3 heterocycles. The van der Waals surface area contributed by atoms with Crippen molar-refractivity contribution in [1.82, 2.24) is 24.8 Å². The van der Waals surface area contributed by atoms with Gasteiger partial charge < -0.3 is 20.0 Å². The lowest BCUT2D eigenvalue weighted by molar-refractivity contribution is 0.0746. The minimum Gasteiger partial charge on any atom is -0.337 e. The minimum absolute atomic E-state index is 0.0502. The molecule has 0 aliphatic carbocycles. The number of benzene rings is 1. The zero-order chi connectivity index (χ0) is 23.0. The molecule has 0 saturated carbocycles. The topological polar surface area (TPSA) is 94.6 Å². The van der Waals surface area contributed by atoms with E-state index in [1.54, 1.807) is 67.1 Å². The number of nitrogens with one attached hydrogen (secondary N) is 1. The van der Waals surface area contributed by atoms with E-state index in [0.717, 1.165) is 12.0 Å². The highest BCUT2D eigenvalue weighted by Crippen LogP contribution is 2.16. The third-order valence-corrected chi connectivity index (χ3v) is 5.59. The first-order valence-corrected chi connectivity index (χ1v) is 10.9. The third-order valence-electron chi connectivity index (χ3n) is 5.59. The highest BCUT2D eigenvalue weighted by Gasteiger charge is 2.23. The molecule has 3 amide bonds. The minimum atomic E-state index is -0.217. The number of likely N-dealkylation sites (N-methyl/N-ethyl adjacent to an activating group) is 1. The third kappa shape index (κ3) is 5.82. The fourth-order valence-corrected chi connectivity index (χ4v) is 3.64. The Morgan fingerprint density at radius 1 is 0.970 bits per heavy atom. The maximum absolute atomic E-state index is 13.0. The number of rotatable bonds is 6. The Morgan fingerprint density at radius 3 is 2.42 bits per heavy atom. The number of anilines is 2. The van der Waals surface area contributed by atoms with E-state index in [2.05, 4.69) is 25.2 Å². The van der Waals surface area contributed by atoms with Crippen LogP contribution in [0.4, 0.5) is 16.4 Å². The molecule has 1 aliphatic rings. The highest BCUT2D eigenvalue weighted by molar-refractivity contribution is 5.97. The summed E-state index contributed by atoms with van der Waals surface area (Å²) in [5.74, 6) is 0.633. The van der Waals surface area contributed by atoms with Gasteiger partial charge in [-0.15, -0.1) is 0 Å². The summed E-state index contributed by atoms with van der Waals surface area (Å²) in [6, 6.07) is 12.5. The van der Waals surface area contributed by atoms with Crippen LogP contribution in [0.25, 0.3) is 0 Å². The Kier molecular flexibility index (Phi) is 7.09. The SMILES string of the molecule is CN(CCc1ccncc1)C(=O)Nc1cccc(C(=O)N2CCN(c3ncccn3)CC2)c1. The molecule has 0 unspecified atom stereocenters. The molecule has 1 fully saturated rings. The Bertz CT molecular complexity index is 1070. The first kappa shape index (κ1) is 22.2. The van der Waals surface area contributed by atoms with Crippen LogP contribution in [0.5, 0.6) is 0 Å². The normalized spacial score (nSPS) is 13.5. The van der Waals surface area contributed by atoms with Crippen LogP contribution in [0, 0.1) is 0 Å². The van der Waals surface area contributed by atoms with E-state index in [9.17, 15) is 9.59 Å². The second-order valence-corrected chi connectivity index (χ2v) is 7.87. The highest BCUT2D eigenvalue weighted by atomic mass is 16.2. The molecule has 170 valence electrons. The van der Waals surface area contributed by atoms with Crippen molar-refractivity contribution >= 4 is 23.6 Å². The van der Waals surface area contributed by atoms with E-state index < -0.39 is 0 Å². The van der Waals surface area contributed by atoms with Crippen molar-refractivity contribution in [2.24, 2.45) is 0 Å². The maximum atomic E-state index is 13.0. The van der Waals surface area contributed by atoms with E-state index >= 15 is 0 Å². The van der Waals surface area contributed by atoms with Crippen LogP contribution < -0.4 is 10.2 Å². The Balaban J connectivity index is 1.31. The van der Waals surface area contributed by atoms with Gasteiger partial charge in [0, 0.05) is 75.8 Å². The van der Waals surface area contributed by atoms with Crippen molar-refractivity contribution in [2.45, 2.75) is 6.42 Å². The molecule has 1 aliphatic heterocycles. The number of aromatic nitrogens is 3. The average Bonchev–Trinajstić information content (AvgIpc) is 2.88. The number of carbonyl (C=O) groups is 2. The van der Waals surface area contributed by atoms with Crippen molar-refractivity contribution in [1.29, 1.82) is 0 Å². The largest absolute Gasteiger partial charge is 0.337 e. The van der Waals surface area contributed by atoms with Gasteiger partial charge >= 0.3 is 6.03 Å². The number of hydrogen-bond donors (Lipinski definition) is 1. The lowest BCUT2D eigenvalue weighted by atomic mass is 10.1. The molecule has 0 bridgehead atoms. The van der Waals surface area contributed by atoms with Crippen LogP contribution in [-0.4, -0.2) is 76.5 Å². The molecular weight excluding hydrogens is 418 g/mol. The number of carbonyl (C=O) groups excluding carboxylic acids is 2. The molecule has 33 heavy (non-hydrogen) atoms. The smallest absolute Gasteiger partial charge is 0.321 e. The van der Waals surface area contributed by atoms with Crippen LogP contribution in [0.3, 0.4) is 0 Å². The summed E-state index contributed by atoms with van der Waals surface area (Å²) in [7, 11) is 1.75. The Hall–Kier alpha value is -4.01. The summed E-state index contributed by atoms with van der Waals surface area (Å²) in [6.07, 6.45) is 7.66. The first-order valence-electron chi connectivity index (χ1n) is 10.9. The van der Waals surface area contributed by atoms with Gasteiger partial charge in [-0.3, -0.25) is 9.78 Å². The quantitative estimate of drug-likeness (QED) is 0.627. The zero-order valence-corrected chi connectivity index (χ0v) is 18.6. The number of pyridine rings is 1. The zero-order valence-electron chi connectivity index (χ0n) is 18.6. The van der Waals surface area contributed by atoms with Gasteiger partial charge in [-0.25, -0.2) is 14.8 Å². The molecule has 3 aromatic rings. The Morgan fingerprint density at radius 2 is 1.70 bits per heavy atom. The molecule has 9 nitrogen and oxygen atoms in total. The lowest BCUT2D eigenvalue weighted by Gasteiger charge is -2.34. The number of amides is 3. The number of piperazine rings is 1. The van der Waals surface area contributed by atoms with Gasteiger partial charge in [0.15, 0.2) is 0 Å². The molecule has 0 radical (unpaired) electrons. The second-order valence-electron chi connectivity index (χ2n) is 7.87. The van der Waals surface area contributed by atoms with Gasteiger partial charge in [0.1, 0.15) is 0 Å². The summed E-state index contributed by atoms with van der Waals surface area (Å²) in [6.45, 7) is 3.10. The van der Waals surface area contributed by atoms with E-state index in [4.69, 9.17) is 0 Å². The molecule has 4 rings (SSSR count). The van der Waals surface area contributed by atoms with Crippen LogP contribution >= 0.6 is 0 Å². The predicted octanol–water partition coefficient (Wildman–Crippen LogP) is 2.54. The van der Waals surface area contributed by atoms with Crippen LogP contribution in [0.2, 0.25) is 0 Å². The first-order chi connectivity index (χ1) is 16.1. The fraction of sp³-hybridized carbons (Fsp3) is 0.292. The summed E-state index contributed by atoms with van der Waals surface area (Å²) in [5, 5.41) is 2.88. The molecular formula is C24H27N7O2. The summed E-state index contributed by atoms with van der Waals surface area (Å²) in [5.41, 5.74) is 2.27. The standard InChI is InChI=1S/C24H27N7O2/c1-29(13-8-19-6-11-25-12-7-19)24(33)28-21-5-2-4-20(18-21)22(32)30-14-16-31(17-15-30)23-26-9-3-10-27-23/h2-7,9-12,18H,8,13-17H2,1H3,(H,28,33). The molecule has 9 heteroatoms.